The molecule has 0 aliphatic carbocycles. The van der Waals surface area contributed by atoms with Crippen molar-refractivity contribution in [3.05, 3.63) is 52.7 Å². The number of aryl methyl sites for hydroxylation is 1. The number of carbonyl (C=O) groups excluding carboxylic acids is 1. The highest BCUT2D eigenvalue weighted by molar-refractivity contribution is 8.00. The van der Waals surface area contributed by atoms with Crippen LogP contribution in [0.1, 0.15) is 18.1 Å². The zero-order chi connectivity index (χ0) is 17.9. The van der Waals surface area contributed by atoms with Gasteiger partial charge in [-0.2, -0.15) is 13.2 Å². The maximum Gasteiger partial charge on any atom is 0.417 e. The van der Waals surface area contributed by atoms with E-state index in [-0.39, 0.29) is 16.0 Å². The Morgan fingerprint density at radius 3 is 2.58 bits per heavy atom. The van der Waals surface area contributed by atoms with E-state index >= 15 is 0 Å². The average molecular weight is 375 g/mol. The molecule has 0 saturated carbocycles. The number of nitrogens with zero attached hydrogens (tertiary/aromatic N) is 1. The standard InChI is InChI=1S/C16H14ClF3N2OS/c1-9-5-3-4-6-13(9)22-14(23)10(2)24-15-12(17)7-11(8-21-15)16(18,19)20/h3-8,10H,1-2H3,(H,22,23). The van der Waals surface area contributed by atoms with Crippen molar-refractivity contribution in [1.29, 1.82) is 0 Å². The number of pyridine rings is 1. The zero-order valence-corrected chi connectivity index (χ0v) is 14.4. The Bertz CT molecular complexity index is 752. The van der Waals surface area contributed by atoms with Crippen LogP contribution < -0.4 is 5.32 Å². The Hall–Kier alpha value is -1.73. The van der Waals surface area contributed by atoms with Crippen LogP contribution in [0.25, 0.3) is 0 Å². The number of amides is 1. The molecule has 1 N–H and O–H groups in total. The number of hydrogen-bond donors (Lipinski definition) is 1. The second-order valence-corrected chi connectivity index (χ2v) is 6.81. The molecule has 1 heterocycles. The molecule has 0 radical (unpaired) electrons. The highest BCUT2D eigenvalue weighted by Crippen LogP contribution is 2.35. The van der Waals surface area contributed by atoms with E-state index in [1.165, 1.54) is 0 Å². The summed E-state index contributed by atoms with van der Waals surface area (Å²) in [5, 5.41) is 2.24. The van der Waals surface area contributed by atoms with Gasteiger partial charge in [0.1, 0.15) is 5.03 Å². The average Bonchev–Trinajstić information content (AvgIpc) is 2.50. The lowest BCUT2D eigenvalue weighted by molar-refractivity contribution is -0.137. The van der Waals surface area contributed by atoms with Crippen molar-refractivity contribution in [3.8, 4) is 0 Å². The van der Waals surface area contributed by atoms with E-state index in [1.54, 1.807) is 19.1 Å². The predicted octanol–water partition coefficient (Wildman–Crippen LogP) is 5.18. The van der Waals surface area contributed by atoms with Crippen LogP contribution in [0.4, 0.5) is 18.9 Å². The van der Waals surface area contributed by atoms with E-state index in [0.717, 1.165) is 23.4 Å². The van der Waals surface area contributed by atoms with Crippen molar-refractivity contribution in [2.24, 2.45) is 0 Å². The highest BCUT2D eigenvalue weighted by Gasteiger charge is 2.32. The lowest BCUT2D eigenvalue weighted by atomic mass is 10.2. The number of thioether (sulfide) groups is 1. The number of rotatable bonds is 4. The second kappa shape index (κ2) is 7.44. The first-order chi connectivity index (χ1) is 11.2. The van der Waals surface area contributed by atoms with Gasteiger partial charge in [0.2, 0.25) is 5.91 Å². The molecule has 1 atom stereocenters. The van der Waals surface area contributed by atoms with Crippen LogP contribution in [-0.2, 0) is 11.0 Å². The Kier molecular flexibility index (Phi) is 5.77. The molecule has 24 heavy (non-hydrogen) atoms. The summed E-state index contributed by atoms with van der Waals surface area (Å²) in [5.41, 5.74) is 0.670. The Morgan fingerprint density at radius 2 is 2.00 bits per heavy atom. The van der Waals surface area contributed by atoms with Gasteiger partial charge in [-0.25, -0.2) is 4.98 Å². The third-order valence-corrected chi connectivity index (χ3v) is 4.71. The Balaban J connectivity index is 2.08. The summed E-state index contributed by atoms with van der Waals surface area (Å²) < 4.78 is 37.8. The number of benzene rings is 1. The number of anilines is 1. The first-order valence-corrected chi connectivity index (χ1v) is 8.20. The summed E-state index contributed by atoms with van der Waals surface area (Å²) in [5.74, 6) is -0.285. The first-order valence-electron chi connectivity index (χ1n) is 6.94. The number of halogens is 4. The van der Waals surface area contributed by atoms with Crippen molar-refractivity contribution in [2.75, 3.05) is 5.32 Å². The third-order valence-electron chi connectivity index (χ3n) is 3.20. The summed E-state index contributed by atoms with van der Waals surface area (Å²) >= 11 is 6.85. The van der Waals surface area contributed by atoms with Gasteiger partial charge < -0.3 is 5.32 Å². The molecular weight excluding hydrogens is 361 g/mol. The molecular formula is C16H14ClF3N2OS. The van der Waals surface area contributed by atoms with Crippen molar-refractivity contribution in [1.82, 2.24) is 4.98 Å². The SMILES string of the molecule is Cc1ccccc1NC(=O)C(C)Sc1ncc(C(F)(F)F)cc1Cl. The van der Waals surface area contributed by atoms with Gasteiger partial charge in [0.15, 0.2) is 0 Å². The Morgan fingerprint density at radius 1 is 1.33 bits per heavy atom. The number of hydrogen-bond acceptors (Lipinski definition) is 3. The molecule has 1 amide bonds. The molecule has 0 spiro atoms. The van der Waals surface area contributed by atoms with Gasteiger partial charge in [-0.3, -0.25) is 4.79 Å². The molecule has 0 bridgehead atoms. The number of carbonyl (C=O) groups is 1. The molecule has 128 valence electrons. The smallest absolute Gasteiger partial charge is 0.325 e. The summed E-state index contributed by atoms with van der Waals surface area (Å²) in [6.07, 6.45) is -3.80. The number of para-hydroxylation sites is 1. The van der Waals surface area contributed by atoms with Gasteiger partial charge in [-0.1, -0.05) is 41.6 Å². The summed E-state index contributed by atoms with van der Waals surface area (Å²) in [6.45, 7) is 3.50. The lowest BCUT2D eigenvalue weighted by Gasteiger charge is -2.14. The molecule has 8 heteroatoms. The van der Waals surface area contributed by atoms with Gasteiger partial charge in [0, 0.05) is 11.9 Å². The second-order valence-electron chi connectivity index (χ2n) is 5.07. The largest absolute Gasteiger partial charge is 0.417 e. The normalized spacial score (nSPS) is 12.8. The minimum Gasteiger partial charge on any atom is -0.325 e. The quantitative estimate of drug-likeness (QED) is 0.749. The first kappa shape index (κ1) is 18.6. The molecule has 1 aromatic heterocycles. The predicted molar refractivity (Wildman–Crippen MR) is 89.4 cm³/mol. The number of alkyl halides is 3. The lowest BCUT2D eigenvalue weighted by Crippen LogP contribution is -2.23. The van der Waals surface area contributed by atoms with E-state index < -0.39 is 17.0 Å². The molecule has 0 aliphatic heterocycles. The number of nitrogens with one attached hydrogen (secondary N) is 1. The maximum absolute atomic E-state index is 12.6. The van der Waals surface area contributed by atoms with E-state index in [9.17, 15) is 18.0 Å². The summed E-state index contributed by atoms with van der Waals surface area (Å²) in [6, 6.07) is 8.10. The van der Waals surface area contributed by atoms with Gasteiger partial charge in [0.25, 0.3) is 0 Å². The molecule has 3 nitrogen and oxygen atoms in total. The number of aromatic nitrogens is 1. The molecule has 0 aliphatic rings. The third kappa shape index (κ3) is 4.64. The van der Waals surface area contributed by atoms with Crippen LogP contribution in [-0.4, -0.2) is 16.1 Å². The summed E-state index contributed by atoms with van der Waals surface area (Å²) in [4.78, 5) is 15.9. The van der Waals surface area contributed by atoms with Crippen molar-refractivity contribution < 1.29 is 18.0 Å². The topological polar surface area (TPSA) is 42.0 Å². The fraction of sp³-hybridized carbons (Fsp3) is 0.250. The van der Waals surface area contributed by atoms with Crippen LogP contribution in [0.3, 0.4) is 0 Å². The van der Waals surface area contributed by atoms with Gasteiger partial charge in [0.05, 0.1) is 15.8 Å². The fourth-order valence-corrected chi connectivity index (χ4v) is 2.92. The molecule has 2 aromatic rings. The van der Waals surface area contributed by atoms with Crippen LogP contribution >= 0.6 is 23.4 Å². The molecule has 1 unspecified atom stereocenters. The zero-order valence-electron chi connectivity index (χ0n) is 12.8. The van der Waals surface area contributed by atoms with Crippen LogP contribution in [0.15, 0.2) is 41.6 Å². The van der Waals surface area contributed by atoms with Crippen LogP contribution in [0, 0.1) is 6.92 Å². The molecule has 1 aromatic carbocycles. The van der Waals surface area contributed by atoms with E-state index in [1.807, 2.05) is 19.1 Å². The highest BCUT2D eigenvalue weighted by atomic mass is 35.5. The van der Waals surface area contributed by atoms with Gasteiger partial charge in [-0.15, -0.1) is 0 Å². The van der Waals surface area contributed by atoms with Crippen LogP contribution in [0.5, 0.6) is 0 Å². The minimum atomic E-state index is -4.51. The van der Waals surface area contributed by atoms with Crippen molar-refractivity contribution in [2.45, 2.75) is 30.3 Å². The molecule has 0 saturated heterocycles. The fourth-order valence-electron chi connectivity index (χ4n) is 1.84. The van der Waals surface area contributed by atoms with Crippen molar-refractivity contribution >= 4 is 35.0 Å². The van der Waals surface area contributed by atoms with Gasteiger partial charge in [-0.05, 0) is 31.5 Å². The molecule has 2 rings (SSSR count). The van der Waals surface area contributed by atoms with E-state index in [4.69, 9.17) is 11.6 Å². The monoisotopic (exact) mass is 374 g/mol. The van der Waals surface area contributed by atoms with Crippen molar-refractivity contribution in [3.63, 3.8) is 0 Å². The summed E-state index contributed by atoms with van der Waals surface area (Å²) in [7, 11) is 0. The minimum absolute atomic E-state index is 0.134. The van der Waals surface area contributed by atoms with Gasteiger partial charge >= 0.3 is 6.18 Å². The van der Waals surface area contributed by atoms with E-state index in [0.29, 0.717) is 11.9 Å². The maximum atomic E-state index is 12.6. The molecule has 0 fully saturated rings. The van der Waals surface area contributed by atoms with E-state index in [2.05, 4.69) is 10.3 Å². The van der Waals surface area contributed by atoms with Crippen LogP contribution in [0.2, 0.25) is 5.02 Å². The Labute approximate surface area is 146 Å².